The first-order valence-electron chi connectivity index (χ1n) is 8.19. The van der Waals surface area contributed by atoms with E-state index in [1.165, 1.54) is 12.1 Å². The van der Waals surface area contributed by atoms with Crippen molar-refractivity contribution in [1.29, 1.82) is 0 Å². The van der Waals surface area contributed by atoms with Crippen molar-refractivity contribution < 1.29 is 14.7 Å². The first-order valence-corrected chi connectivity index (χ1v) is 8.19. The van der Waals surface area contributed by atoms with E-state index in [0.717, 1.165) is 22.5 Å². The van der Waals surface area contributed by atoms with Crippen LogP contribution < -0.4 is 5.32 Å². The summed E-state index contributed by atoms with van der Waals surface area (Å²) in [5.74, 6) is -0.987. The highest BCUT2D eigenvalue weighted by Crippen LogP contribution is 2.38. The highest BCUT2D eigenvalue weighted by molar-refractivity contribution is 6.40. The van der Waals surface area contributed by atoms with Crippen molar-refractivity contribution in [2.45, 2.75) is 0 Å². The monoisotopic (exact) mass is 341 g/mol. The molecule has 126 valence electrons. The Morgan fingerprint density at radius 2 is 1.38 bits per heavy atom. The van der Waals surface area contributed by atoms with Crippen molar-refractivity contribution >= 4 is 28.7 Å². The van der Waals surface area contributed by atoms with Crippen LogP contribution in [0, 0.1) is 0 Å². The lowest BCUT2D eigenvalue weighted by atomic mass is 10.0. The lowest BCUT2D eigenvalue weighted by Crippen LogP contribution is -2.02. The number of carboxylic acid groups (broad SMARTS) is 1. The minimum absolute atomic E-state index is 0.0172. The first-order chi connectivity index (χ1) is 12.6. The average Bonchev–Trinajstić information content (AvgIpc) is 2.95. The van der Waals surface area contributed by atoms with Crippen molar-refractivity contribution in [3.8, 4) is 0 Å². The molecule has 0 aliphatic heterocycles. The van der Waals surface area contributed by atoms with E-state index in [4.69, 9.17) is 5.11 Å². The Balaban J connectivity index is 1.82. The number of allylic oxidation sites excluding steroid dienone is 1. The van der Waals surface area contributed by atoms with Gasteiger partial charge in [0.2, 0.25) is 0 Å². The Kier molecular flexibility index (Phi) is 3.86. The van der Waals surface area contributed by atoms with E-state index in [0.29, 0.717) is 11.1 Å². The van der Waals surface area contributed by atoms with Gasteiger partial charge in [0.25, 0.3) is 0 Å². The number of hydrogen-bond acceptors (Lipinski definition) is 3. The summed E-state index contributed by atoms with van der Waals surface area (Å²) in [6, 6.07) is 23.5. The molecule has 0 unspecified atom stereocenters. The van der Waals surface area contributed by atoms with Gasteiger partial charge >= 0.3 is 5.97 Å². The van der Waals surface area contributed by atoms with Crippen LogP contribution in [0.15, 0.2) is 78.9 Å². The van der Waals surface area contributed by atoms with Crippen LogP contribution in [-0.2, 0) is 0 Å². The number of nitrogens with one attached hydrogen (secondary N) is 1. The van der Waals surface area contributed by atoms with E-state index >= 15 is 0 Å². The number of Topliss-reactive ketones (excluding diaryl/α,β-unsaturated/α-hetero) is 1. The van der Waals surface area contributed by atoms with Gasteiger partial charge in [-0.15, -0.1) is 0 Å². The molecule has 1 aliphatic rings. The third-order valence-electron chi connectivity index (χ3n) is 4.38. The zero-order chi connectivity index (χ0) is 18.1. The Bertz CT molecular complexity index is 1030. The highest BCUT2D eigenvalue weighted by Gasteiger charge is 2.30. The molecule has 0 saturated carbocycles. The molecular formula is C22H15NO3. The van der Waals surface area contributed by atoms with Gasteiger partial charge in [-0.2, -0.15) is 0 Å². The Hall–Kier alpha value is -3.66. The number of carbonyl (C=O) groups is 2. The highest BCUT2D eigenvalue weighted by atomic mass is 16.4. The first kappa shape index (κ1) is 15.8. The molecule has 4 rings (SSSR count). The van der Waals surface area contributed by atoms with Crippen LogP contribution in [0.4, 0.5) is 5.69 Å². The molecule has 0 radical (unpaired) electrons. The van der Waals surface area contributed by atoms with Crippen LogP contribution in [-0.4, -0.2) is 16.9 Å². The number of rotatable bonds is 4. The van der Waals surface area contributed by atoms with Gasteiger partial charge in [0.1, 0.15) is 0 Å². The van der Waals surface area contributed by atoms with E-state index in [-0.39, 0.29) is 11.3 Å². The van der Waals surface area contributed by atoms with Crippen LogP contribution in [0.1, 0.15) is 31.8 Å². The molecule has 0 fully saturated rings. The molecule has 0 spiro atoms. The third kappa shape index (κ3) is 2.67. The van der Waals surface area contributed by atoms with E-state index in [2.05, 4.69) is 5.32 Å². The lowest BCUT2D eigenvalue weighted by molar-refractivity contribution is 0.0696. The fourth-order valence-corrected chi connectivity index (χ4v) is 3.13. The maximum absolute atomic E-state index is 13.0. The van der Waals surface area contributed by atoms with Crippen LogP contribution in [0.3, 0.4) is 0 Å². The van der Waals surface area contributed by atoms with Gasteiger partial charge in [-0.1, -0.05) is 54.6 Å². The van der Waals surface area contributed by atoms with Crippen molar-refractivity contribution in [3.63, 3.8) is 0 Å². The van der Waals surface area contributed by atoms with Gasteiger partial charge in [-0.25, -0.2) is 4.79 Å². The molecule has 3 aromatic carbocycles. The van der Waals surface area contributed by atoms with E-state index in [9.17, 15) is 9.59 Å². The van der Waals surface area contributed by atoms with Gasteiger partial charge in [0, 0.05) is 16.8 Å². The summed E-state index contributed by atoms with van der Waals surface area (Å²) in [5.41, 5.74) is 4.65. The molecule has 3 aromatic rings. The molecular weight excluding hydrogens is 326 g/mol. The molecule has 26 heavy (non-hydrogen) atoms. The summed E-state index contributed by atoms with van der Waals surface area (Å²) in [6.45, 7) is 0. The van der Waals surface area contributed by atoms with Crippen molar-refractivity contribution in [1.82, 2.24) is 0 Å². The number of ketones is 1. The van der Waals surface area contributed by atoms with Crippen LogP contribution in [0.5, 0.6) is 0 Å². The molecule has 4 nitrogen and oxygen atoms in total. The molecule has 0 heterocycles. The Morgan fingerprint density at radius 3 is 2.04 bits per heavy atom. The number of carboxylic acids is 1. The molecule has 0 bridgehead atoms. The zero-order valence-electron chi connectivity index (χ0n) is 13.8. The molecule has 0 saturated heterocycles. The van der Waals surface area contributed by atoms with Gasteiger partial charge in [-0.3, -0.25) is 4.79 Å². The van der Waals surface area contributed by atoms with Gasteiger partial charge in [0.15, 0.2) is 5.78 Å². The second kappa shape index (κ2) is 6.33. The molecule has 0 amide bonds. The standard InChI is InChI=1S/C22H15NO3/c24-21-18-9-5-4-8-17(18)20(19(21)14-6-2-1-3-7-14)23-16-12-10-15(11-13-16)22(25)26/h1-13,23H,(H,25,26). The van der Waals surface area contributed by atoms with E-state index < -0.39 is 5.97 Å². The Labute approximate surface area is 150 Å². The smallest absolute Gasteiger partial charge is 0.335 e. The normalized spacial score (nSPS) is 12.8. The molecule has 2 N–H and O–H groups in total. The largest absolute Gasteiger partial charge is 0.478 e. The molecule has 0 atom stereocenters. The summed E-state index contributed by atoms with van der Waals surface area (Å²) in [5, 5.41) is 12.3. The molecule has 4 heteroatoms. The fraction of sp³-hybridized carbons (Fsp3) is 0. The van der Waals surface area contributed by atoms with Gasteiger partial charge < -0.3 is 10.4 Å². The van der Waals surface area contributed by atoms with E-state index in [1.807, 2.05) is 54.6 Å². The fourth-order valence-electron chi connectivity index (χ4n) is 3.13. The number of anilines is 1. The predicted octanol–water partition coefficient (Wildman–Crippen LogP) is 4.56. The summed E-state index contributed by atoms with van der Waals surface area (Å²) in [7, 11) is 0. The van der Waals surface area contributed by atoms with Crippen LogP contribution in [0.2, 0.25) is 0 Å². The number of benzene rings is 3. The third-order valence-corrected chi connectivity index (χ3v) is 4.38. The topological polar surface area (TPSA) is 66.4 Å². The second-order valence-corrected chi connectivity index (χ2v) is 6.00. The predicted molar refractivity (Wildman–Crippen MR) is 101 cm³/mol. The minimum atomic E-state index is -0.970. The molecule has 0 aromatic heterocycles. The number of fused-ring (bicyclic) bond motifs is 1. The Morgan fingerprint density at radius 1 is 0.769 bits per heavy atom. The number of aromatic carboxylic acids is 1. The maximum atomic E-state index is 13.0. The minimum Gasteiger partial charge on any atom is -0.478 e. The van der Waals surface area contributed by atoms with Gasteiger partial charge in [-0.05, 0) is 29.8 Å². The second-order valence-electron chi connectivity index (χ2n) is 6.00. The number of hydrogen-bond donors (Lipinski definition) is 2. The van der Waals surface area contributed by atoms with E-state index in [1.54, 1.807) is 12.1 Å². The lowest BCUT2D eigenvalue weighted by Gasteiger charge is -2.12. The maximum Gasteiger partial charge on any atom is 0.335 e. The van der Waals surface area contributed by atoms with Gasteiger partial charge in [0.05, 0.1) is 16.8 Å². The summed E-state index contributed by atoms with van der Waals surface area (Å²) >= 11 is 0. The quantitative estimate of drug-likeness (QED) is 0.730. The van der Waals surface area contributed by atoms with Crippen LogP contribution >= 0.6 is 0 Å². The molecule has 1 aliphatic carbocycles. The average molecular weight is 341 g/mol. The SMILES string of the molecule is O=C(O)c1ccc(NC2=C(c3ccccc3)C(=O)c3ccccc32)cc1. The number of carbonyl (C=O) groups excluding carboxylic acids is 1. The van der Waals surface area contributed by atoms with Crippen molar-refractivity contribution in [2.24, 2.45) is 0 Å². The van der Waals surface area contributed by atoms with Crippen LogP contribution in [0.25, 0.3) is 11.3 Å². The van der Waals surface area contributed by atoms with Crippen molar-refractivity contribution in [2.75, 3.05) is 5.32 Å². The summed E-state index contributed by atoms with van der Waals surface area (Å²) in [6.07, 6.45) is 0. The summed E-state index contributed by atoms with van der Waals surface area (Å²) < 4.78 is 0. The van der Waals surface area contributed by atoms with Crippen molar-refractivity contribution in [3.05, 3.63) is 101 Å². The summed E-state index contributed by atoms with van der Waals surface area (Å²) in [4.78, 5) is 24.0. The zero-order valence-corrected chi connectivity index (χ0v) is 13.8.